The van der Waals surface area contributed by atoms with Crippen molar-refractivity contribution < 1.29 is 29.6 Å². The largest absolute Gasteiger partial charge is 0.462 e. The molecule has 0 aromatic carbocycles. The third-order valence-electron chi connectivity index (χ3n) is 5.98. The van der Waals surface area contributed by atoms with Crippen LogP contribution >= 0.6 is 0 Å². The maximum Gasteiger partial charge on any atom is 0.323 e. The third-order valence-corrected chi connectivity index (χ3v) is 5.98. The van der Waals surface area contributed by atoms with Crippen molar-refractivity contribution in [1.29, 1.82) is 0 Å². The normalized spacial score (nSPS) is 14.5. The Morgan fingerprint density at radius 3 is 2.18 bits per heavy atom. The first-order valence-corrected chi connectivity index (χ1v) is 13.1. The number of nitrogen functional groups attached to an aromatic ring is 1. The number of rotatable bonds is 17. The lowest BCUT2D eigenvalue weighted by molar-refractivity contribution is -0.153. The van der Waals surface area contributed by atoms with Crippen LogP contribution in [0, 0.1) is 5.92 Å². The molecule has 2 aromatic heterocycles. The number of anilines is 1. The minimum atomic E-state index is -0.758. The predicted molar refractivity (Wildman–Crippen MR) is 147 cm³/mol. The van der Waals surface area contributed by atoms with E-state index in [2.05, 4.69) is 25.6 Å². The van der Waals surface area contributed by atoms with Crippen LogP contribution in [0.5, 0.6) is 0 Å². The number of aliphatic hydroxyl groups is 3. The fourth-order valence-corrected chi connectivity index (χ4v) is 3.19. The second-order valence-electron chi connectivity index (χ2n) is 9.32. The van der Waals surface area contributed by atoms with Gasteiger partial charge in [-0.1, -0.05) is 27.7 Å². The number of hydrogen-bond acceptors (Lipinski definition) is 13. The molecule has 0 radical (unpaired) electrons. The molecule has 224 valence electrons. The van der Waals surface area contributed by atoms with Crippen molar-refractivity contribution in [3.8, 4) is 0 Å². The SMILES string of the molecule is CC(C)[C@H](N)C(=O)OCC(CO)OCn1cnc2c(=O)nc(N)[nH]c21.CC[C@@H](CO)NCCN[C@@H](CC)CO. The van der Waals surface area contributed by atoms with Gasteiger partial charge in [0.2, 0.25) is 5.95 Å². The first-order chi connectivity index (χ1) is 18.6. The number of nitrogens with one attached hydrogen (secondary N) is 3. The molecule has 4 atom stereocenters. The van der Waals surface area contributed by atoms with E-state index in [0.29, 0.717) is 5.65 Å². The first kappa shape index (κ1) is 34.4. The van der Waals surface area contributed by atoms with Crippen molar-refractivity contribution in [1.82, 2.24) is 30.2 Å². The molecule has 0 saturated carbocycles. The van der Waals surface area contributed by atoms with Crippen LogP contribution in [0.25, 0.3) is 11.2 Å². The average Bonchev–Trinajstić information content (AvgIpc) is 3.33. The van der Waals surface area contributed by atoms with Gasteiger partial charge in [0.1, 0.15) is 31.1 Å². The van der Waals surface area contributed by atoms with Crippen LogP contribution in [0.2, 0.25) is 0 Å². The minimum absolute atomic E-state index is 0.0467. The summed E-state index contributed by atoms with van der Waals surface area (Å²) in [4.78, 5) is 33.6. The van der Waals surface area contributed by atoms with E-state index in [1.807, 2.05) is 13.8 Å². The van der Waals surface area contributed by atoms with Crippen LogP contribution in [-0.2, 0) is 21.0 Å². The molecular weight excluding hydrogens is 512 g/mol. The number of ether oxygens (including phenoxy) is 2. The molecule has 0 amide bonds. The summed E-state index contributed by atoms with van der Waals surface area (Å²) in [5, 5.41) is 33.6. The van der Waals surface area contributed by atoms with Gasteiger partial charge in [-0.15, -0.1) is 0 Å². The Balaban J connectivity index is 0.000000464. The number of aromatic nitrogens is 4. The number of carbonyl (C=O) groups is 1. The van der Waals surface area contributed by atoms with E-state index in [4.69, 9.17) is 31.2 Å². The summed E-state index contributed by atoms with van der Waals surface area (Å²) < 4.78 is 12.0. The molecule has 1 unspecified atom stereocenters. The summed E-state index contributed by atoms with van der Waals surface area (Å²) in [6.45, 7) is 9.17. The Labute approximate surface area is 228 Å². The van der Waals surface area contributed by atoms with Crippen molar-refractivity contribution in [2.75, 3.05) is 45.3 Å². The van der Waals surface area contributed by atoms with E-state index in [1.54, 1.807) is 13.8 Å². The Morgan fingerprint density at radius 1 is 1.10 bits per heavy atom. The topological polar surface area (TPSA) is 236 Å². The number of nitrogens with zero attached hydrogens (tertiary/aromatic N) is 3. The lowest BCUT2D eigenvalue weighted by Gasteiger charge is -2.19. The number of nitrogens with two attached hydrogens (primary N) is 2. The molecule has 2 heterocycles. The summed E-state index contributed by atoms with van der Waals surface area (Å²) >= 11 is 0. The molecule has 15 heteroatoms. The Hall–Kier alpha value is -2.66. The maximum atomic E-state index is 11.7. The van der Waals surface area contributed by atoms with Crippen molar-refractivity contribution in [2.24, 2.45) is 11.7 Å². The minimum Gasteiger partial charge on any atom is -0.462 e. The molecule has 0 saturated heterocycles. The fraction of sp³-hybridized carbons (Fsp3) is 0.750. The molecule has 10 N–H and O–H groups in total. The highest BCUT2D eigenvalue weighted by molar-refractivity contribution is 5.75. The number of esters is 1. The van der Waals surface area contributed by atoms with E-state index in [1.165, 1.54) is 10.9 Å². The maximum absolute atomic E-state index is 11.7. The van der Waals surface area contributed by atoms with E-state index in [-0.39, 0.29) is 62.6 Å². The molecular formula is C24H46N8O7. The van der Waals surface area contributed by atoms with Gasteiger partial charge < -0.3 is 51.9 Å². The van der Waals surface area contributed by atoms with Gasteiger partial charge in [-0.25, -0.2) is 4.98 Å². The second kappa shape index (κ2) is 18.6. The van der Waals surface area contributed by atoms with Crippen LogP contribution in [0.4, 0.5) is 5.95 Å². The molecule has 15 nitrogen and oxygen atoms in total. The molecule has 0 aliphatic heterocycles. The number of H-pyrrole nitrogens is 1. The zero-order chi connectivity index (χ0) is 29.4. The predicted octanol–water partition coefficient (Wildman–Crippen LogP) is -1.73. The summed E-state index contributed by atoms with van der Waals surface area (Å²) in [5.41, 5.74) is 11.1. The Morgan fingerprint density at radius 2 is 1.69 bits per heavy atom. The lowest BCUT2D eigenvalue weighted by atomic mass is 10.1. The van der Waals surface area contributed by atoms with Gasteiger partial charge in [-0.2, -0.15) is 4.98 Å². The zero-order valence-corrected chi connectivity index (χ0v) is 23.3. The van der Waals surface area contributed by atoms with E-state index >= 15 is 0 Å². The van der Waals surface area contributed by atoms with Crippen molar-refractivity contribution in [2.45, 2.75) is 71.5 Å². The zero-order valence-electron chi connectivity index (χ0n) is 23.3. The van der Waals surface area contributed by atoms with Crippen LogP contribution in [0.1, 0.15) is 40.5 Å². The van der Waals surface area contributed by atoms with Gasteiger partial charge >= 0.3 is 11.5 Å². The quantitative estimate of drug-likeness (QED) is 0.0797. The summed E-state index contributed by atoms with van der Waals surface area (Å²) in [6, 6.07) is -0.338. The smallest absolute Gasteiger partial charge is 0.323 e. The van der Waals surface area contributed by atoms with Gasteiger partial charge in [0.25, 0.3) is 0 Å². The average molecular weight is 559 g/mol. The second-order valence-corrected chi connectivity index (χ2v) is 9.32. The highest BCUT2D eigenvalue weighted by Crippen LogP contribution is 2.08. The van der Waals surface area contributed by atoms with Crippen LogP contribution in [-0.4, -0.2) is 105 Å². The van der Waals surface area contributed by atoms with E-state index < -0.39 is 23.7 Å². The highest BCUT2D eigenvalue weighted by Gasteiger charge is 2.21. The number of fused-ring (bicyclic) bond motifs is 1. The number of aromatic amines is 1. The highest BCUT2D eigenvalue weighted by atomic mass is 16.6. The number of carbonyl (C=O) groups excluding carboxylic acids is 1. The third kappa shape index (κ3) is 11.9. The summed E-state index contributed by atoms with van der Waals surface area (Å²) in [7, 11) is 0. The molecule has 0 aliphatic rings. The lowest BCUT2D eigenvalue weighted by Crippen LogP contribution is -2.40. The van der Waals surface area contributed by atoms with Gasteiger partial charge in [-0.05, 0) is 18.8 Å². The molecule has 0 spiro atoms. The molecule has 0 fully saturated rings. The van der Waals surface area contributed by atoms with Crippen molar-refractivity contribution in [3.05, 3.63) is 16.7 Å². The molecule has 0 bridgehead atoms. The van der Waals surface area contributed by atoms with E-state index in [9.17, 15) is 14.7 Å². The van der Waals surface area contributed by atoms with Gasteiger partial charge in [-0.3, -0.25) is 14.2 Å². The monoisotopic (exact) mass is 558 g/mol. The fourth-order valence-electron chi connectivity index (χ4n) is 3.19. The number of hydrogen-bond donors (Lipinski definition) is 8. The van der Waals surface area contributed by atoms with Gasteiger partial charge in [0.05, 0.1) is 26.1 Å². The molecule has 2 aromatic rings. The molecule has 0 aliphatic carbocycles. The first-order valence-electron chi connectivity index (χ1n) is 13.1. The Bertz CT molecular complexity index is 994. The Kier molecular flexibility index (Phi) is 16.4. The molecule has 2 rings (SSSR count). The number of imidazole rings is 1. The summed E-state index contributed by atoms with van der Waals surface area (Å²) in [5.74, 6) is -0.669. The molecule has 39 heavy (non-hydrogen) atoms. The van der Waals surface area contributed by atoms with Crippen LogP contribution in [0.15, 0.2) is 11.1 Å². The van der Waals surface area contributed by atoms with Crippen molar-refractivity contribution in [3.63, 3.8) is 0 Å². The van der Waals surface area contributed by atoms with E-state index in [0.717, 1.165) is 25.9 Å². The number of aliphatic hydroxyl groups excluding tert-OH is 3. The summed E-state index contributed by atoms with van der Waals surface area (Å²) in [6.07, 6.45) is 2.49. The standard InChI is InChI=1S/C14H22N6O5.C10H24N2O2/c1-7(2)9(15)13(23)24-4-8(3-21)25-6-20-5-17-10-11(20)18-14(16)19-12(10)22;1-3-9(7-13)11-5-6-12-10(4-2)8-14/h5,7-9,21H,3-4,6,15H2,1-2H3,(H3,16,18,19,22);9-14H,3-8H2,1-2H3/t8?,9-;9-,10-/m00/s1. The van der Waals surface area contributed by atoms with Gasteiger partial charge in [0, 0.05) is 25.2 Å². The van der Waals surface area contributed by atoms with Crippen molar-refractivity contribution >= 4 is 23.1 Å². The van der Waals surface area contributed by atoms with Crippen LogP contribution in [0.3, 0.4) is 0 Å². The van der Waals surface area contributed by atoms with Crippen LogP contribution < -0.4 is 27.7 Å². The van der Waals surface area contributed by atoms with Gasteiger partial charge in [0.15, 0.2) is 5.52 Å².